The molecule has 2 atom stereocenters. The lowest BCUT2D eigenvalue weighted by molar-refractivity contribution is 0.184. The predicted octanol–water partition coefficient (Wildman–Crippen LogP) is 2.04. The number of hydrogen-bond donors (Lipinski definition) is 1. The minimum atomic E-state index is -0.129. The van der Waals surface area contributed by atoms with Gasteiger partial charge in [0, 0.05) is 11.5 Å². The zero-order valence-electron chi connectivity index (χ0n) is 7.90. The van der Waals surface area contributed by atoms with Crippen molar-refractivity contribution in [3.05, 3.63) is 29.8 Å². The Hall–Kier alpha value is -1.51. The van der Waals surface area contributed by atoms with Gasteiger partial charge in [-0.15, -0.1) is 0 Å². The fourth-order valence-electron chi connectivity index (χ4n) is 2.17. The zero-order valence-corrected chi connectivity index (χ0v) is 7.90. The van der Waals surface area contributed by atoms with E-state index in [2.05, 4.69) is 12.1 Å². The Labute approximate surface area is 82.0 Å². The number of nitrogens with zero attached hydrogens (tertiary/aromatic N) is 1. The van der Waals surface area contributed by atoms with E-state index in [-0.39, 0.29) is 11.5 Å². The second-order valence-electron chi connectivity index (χ2n) is 4.15. The van der Waals surface area contributed by atoms with E-state index in [0.717, 1.165) is 23.4 Å². The fourth-order valence-corrected chi connectivity index (χ4v) is 2.17. The molecule has 1 aliphatic carbocycles. The van der Waals surface area contributed by atoms with E-state index in [4.69, 9.17) is 9.94 Å². The van der Waals surface area contributed by atoms with Crippen molar-refractivity contribution < 1.29 is 9.94 Å². The van der Waals surface area contributed by atoms with Crippen LogP contribution < -0.4 is 4.74 Å². The summed E-state index contributed by atoms with van der Waals surface area (Å²) < 4.78 is 5.83. The van der Waals surface area contributed by atoms with E-state index in [1.54, 1.807) is 0 Å². The highest BCUT2D eigenvalue weighted by Crippen LogP contribution is 2.53. The Morgan fingerprint density at radius 2 is 2.29 bits per heavy atom. The van der Waals surface area contributed by atoms with Crippen LogP contribution in [0, 0.1) is 5.92 Å². The van der Waals surface area contributed by atoms with Crippen LogP contribution in [0.4, 0.5) is 0 Å². The summed E-state index contributed by atoms with van der Waals surface area (Å²) in [7, 11) is 0. The van der Waals surface area contributed by atoms with Crippen LogP contribution in [-0.2, 0) is 0 Å². The van der Waals surface area contributed by atoms with Gasteiger partial charge in [-0.2, -0.15) is 0 Å². The molecule has 1 aliphatic heterocycles. The average molecular weight is 189 g/mol. The molecule has 0 amide bonds. The quantitative estimate of drug-likeness (QED) is 0.501. The van der Waals surface area contributed by atoms with Crippen LogP contribution in [-0.4, -0.2) is 16.5 Å². The lowest BCUT2D eigenvalue weighted by Crippen LogP contribution is -2.27. The molecule has 0 aromatic heterocycles. The Morgan fingerprint density at radius 1 is 1.50 bits per heavy atom. The molecule has 14 heavy (non-hydrogen) atoms. The van der Waals surface area contributed by atoms with Crippen molar-refractivity contribution in [2.24, 2.45) is 11.1 Å². The molecule has 2 unspecified atom stereocenters. The molecule has 1 fully saturated rings. The summed E-state index contributed by atoms with van der Waals surface area (Å²) in [6, 6.07) is 7.71. The Kier molecular flexibility index (Phi) is 1.29. The minimum absolute atomic E-state index is 0.129. The van der Waals surface area contributed by atoms with Crippen LogP contribution in [0.1, 0.15) is 18.9 Å². The summed E-state index contributed by atoms with van der Waals surface area (Å²) in [5, 5.41) is 12.4. The van der Waals surface area contributed by atoms with E-state index in [0.29, 0.717) is 0 Å². The first-order chi connectivity index (χ1) is 6.74. The Balaban J connectivity index is 2.18. The molecule has 1 saturated carbocycles. The molecule has 3 heteroatoms. The second-order valence-corrected chi connectivity index (χ2v) is 4.15. The molecule has 2 aliphatic rings. The number of oxime groups is 1. The van der Waals surface area contributed by atoms with Gasteiger partial charge in [-0.3, -0.25) is 0 Å². The number of ether oxygens (including phenoxy) is 1. The first kappa shape index (κ1) is 7.85. The van der Waals surface area contributed by atoms with Gasteiger partial charge in [0.1, 0.15) is 11.4 Å². The van der Waals surface area contributed by atoms with Crippen molar-refractivity contribution in [3.8, 4) is 5.75 Å². The maximum absolute atomic E-state index is 8.98. The van der Waals surface area contributed by atoms with Crippen molar-refractivity contribution >= 4 is 5.71 Å². The summed E-state index contributed by atoms with van der Waals surface area (Å²) in [5.41, 5.74) is 1.57. The van der Waals surface area contributed by atoms with Gasteiger partial charge in [0.05, 0.1) is 5.71 Å². The van der Waals surface area contributed by atoms with Gasteiger partial charge in [-0.1, -0.05) is 17.3 Å². The van der Waals surface area contributed by atoms with Crippen molar-refractivity contribution in [1.82, 2.24) is 0 Å². The van der Waals surface area contributed by atoms with Crippen LogP contribution in [0.3, 0.4) is 0 Å². The molecule has 72 valence electrons. The highest BCUT2D eigenvalue weighted by Gasteiger charge is 2.59. The van der Waals surface area contributed by atoms with E-state index in [9.17, 15) is 0 Å². The van der Waals surface area contributed by atoms with Gasteiger partial charge in [0.15, 0.2) is 0 Å². The van der Waals surface area contributed by atoms with Gasteiger partial charge in [-0.25, -0.2) is 0 Å². The molecular formula is C11H11NO2. The zero-order chi connectivity index (χ0) is 9.76. The third-order valence-corrected chi connectivity index (χ3v) is 3.13. The van der Waals surface area contributed by atoms with Crippen molar-refractivity contribution in [2.75, 3.05) is 0 Å². The van der Waals surface area contributed by atoms with E-state index in [1.165, 1.54) is 0 Å². The highest BCUT2D eigenvalue weighted by molar-refractivity contribution is 6.07. The van der Waals surface area contributed by atoms with Crippen LogP contribution in [0.15, 0.2) is 29.4 Å². The molecule has 0 radical (unpaired) electrons. The molecule has 1 aromatic carbocycles. The summed E-state index contributed by atoms with van der Waals surface area (Å²) in [4.78, 5) is 0. The molecule has 3 rings (SSSR count). The molecular weight excluding hydrogens is 178 g/mol. The van der Waals surface area contributed by atoms with Crippen molar-refractivity contribution in [2.45, 2.75) is 18.9 Å². The monoisotopic (exact) mass is 189 g/mol. The first-order valence-corrected chi connectivity index (χ1v) is 4.75. The SMILES string of the molecule is CC12CC1/C(=N\O)c1ccccc1O2. The van der Waals surface area contributed by atoms with Crippen LogP contribution in [0.2, 0.25) is 0 Å². The normalized spacial score (nSPS) is 35.8. The molecule has 0 saturated heterocycles. The molecule has 0 spiro atoms. The predicted molar refractivity (Wildman–Crippen MR) is 51.9 cm³/mol. The standard InChI is InChI=1S/C11H11NO2/c1-11-6-8(11)10(12-13)7-4-2-3-5-9(7)14-11/h2-5,8,13H,6H2,1H3/b12-10-. The largest absolute Gasteiger partial charge is 0.486 e. The minimum Gasteiger partial charge on any atom is -0.486 e. The number of fused-ring (bicyclic) bond motifs is 2. The Bertz CT molecular complexity index is 427. The molecule has 0 bridgehead atoms. The first-order valence-electron chi connectivity index (χ1n) is 4.75. The van der Waals surface area contributed by atoms with Crippen molar-refractivity contribution in [1.29, 1.82) is 0 Å². The number of hydrogen-bond acceptors (Lipinski definition) is 3. The van der Waals surface area contributed by atoms with Gasteiger partial charge in [0.2, 0.25) is 0 Å². The van der Waals surface area contributed by atoms with E-state index < -0.39 is 0 Å². The van der Waals surface area contributed by atoms with Crippen LogP contribution in [0.5, 0.6) is 5.75 Å². The molecule has 1 N–H and O–H groups in total. The maximum atomic E-state index is 8.98. The third kappa shape index (κ3) is 0.842. The molecule has 1 aromatic rings. The third-order valence-electron chi connectivity index (χ3n) is 3.13. The summed E-state index contributed by atoms with van der Waals surface area (Å²) in [6.45, 7) is 2.05. The van der Waals surface area contributed by atoms with Gasteiger partial charge < -0.3 is 9.94 Å². The number of benzene rings is 1. The fraction of sp³-hybridized carbons (Fsp3) is 0.364. The van der Waals surface area contributed by atoms with E-state index in [1.807, 2.05) is 24.3 Å². The van der Waals surface area contributed by atoms with Gasteiger partial charge >= 0.3 is 0 Å². The molecule has 1 heterocycles. The van der Waals surface area contributed by atoms with Gasteiger partial charge in [-0.05, 0) is 25.5 Å². The lowest BCUT2D eigenvalue weighted by atomic mass is 10.0. The summed E-state index contributed by atoms with van der Waals surface area (Å²) >= 11 is 0. The van der Waals surface area contributed by atoms with Crippen molar-refractivity contribution in [3.63, 3.8) is 0 Å². The van der Waals surface area contributed by atoms with Crippen LogP contribution >= 0.6 is 0 Å². The molecule has 3 nitrogen and oxygen atoms in total. The maximum Gasteiger partial charge on any atom is 0.129 e. The van der Waals surface area contributed by atoms with Crippen LogP contribution in [0.25, 0.3) is 0 Å². The second kappa shape index (κ2) is 2.29. The smallest absolute Gasteiger partial charge is 0.129 e. The average Bonchev–Trinajstić information content (AvgIpc) is 2.84. The van der Waals surface area contributed by atoms with Gasteiger partial charge in [0.25, 0.3) is 0 Å². The Morgan fingerprint density at radius 3 is 3.07 bits per heavy atom. The topological polar surface area (TPSA) is 41.8 Å². The summed E-state index contributed by atoms with van der Waals surface area (Å²) in [5.74, 6) is 1.10. The lowest BCUT2D eigenvalue weighted by Gasteiger charge is -2.23. The summed E-state index contributed by atoms with van der Waals surface area (Å²) in [6.07, 6.45) is 0.946. The number of para-hydroxylation sites is 1. The highest BCUT2D eigenvalue weighted by atomic mass is 16.5. The number of rotatable bonds is 0. The van der Waals surface area contributed by atoms with E-state index >= 15 is 0 Å².